The molecule has 0 bridgehead atoms. The smallest absolute Gasteiger partial charge is 0.251 e. The van der Waals surface area contributed by atoms with Crippen LogP contribution in [-0.2, 0) is 4.79 Å². The number of anilines is 1. The summed E-state index contributed by atoms with van der Waals surface area (Å²) in [6.07, 6.45) is 1.22. The minimum Gasteiger partial charge on any atom is -0.384 e. The summed E-state index contributed by atoms with van der Waals surface area (Å²) in [6, 6.07) is 0.0400. The Hall–Kier alpha value is -2.22. The van der Waals surface area contributed by atoms with E-state index < -0.39 is 6.10 Å². The Morgan fingerprint density at radius 3 is 2.78 bits per heavy atom. The van der Waals surface area contributed by atoms with E-state index in [0.717, 1.165) is 17.5 Å². The van der Waals surface area contributed by atoms with Gasteiger partial charge in [0.2, 0.25) is 0 Å². The molecule has 0 aromatic carbocycles. The van der Waals surface area contributed by atoms with Gasteiger partial charge in [0.1, 0.15) is 18.2 Å². The number of aromatic nitrogens is 4. The Balaban J connectivity index is 0.000000924. The number of carbonyl (C=O) groups is 1. The Labute approximate surface area is 135 Å². The Morgan fingerprint density at radius 1 is 1.43 bits per heavy atom. The molecule has 0 spiro atoms. The average molecular weight is 320 g/mol. The minimum atomic E-state index is -0.974. The highest BCUT2D eigenvalue weighted by Crippen LogP contribution is 2.28. The molecule has 2 aromatic heterocycles. The van der Waals surface area contributed by atoms with Crippen molar-refractivity contribution >= 4 is 22.8 Å². The van der Waals surface area contributed by atoms with Crippen LogP contribution in [0.4, 0.5) is 5.82 Å². The zero-order valence-corrected chi connectivity index (χ0v) is 14.0. The number of fused-ring (bicyclic) bond motifs is 1. The van der Waals surface area contributed by atoms with Crippen LogP contribution in [0.15, 0.2) is 6.33 Å². The molecule has 2 unspecified atom stereocenters. The second kappa shape index (κ2) is 6.91. The summed E-state index contributed by atoms with van der Waals surface area (Å²) in [5.41, 5.74) is 7.35. The maximum atomic E-state index is 11.8. The molecule has 1 amide bonds. The summed E-state index contributed by atoms with van der Waals surface area (Å²) in [6.45, 7) is 8.47. The molecule has 0 radical (unpaired) electrons. The summed E-state index contributed by atoms with van der Waals surface area (Å²) in [7, 11) is 0. The number of nitrogen functional groups attached to an aromatic ring is 1. The number of nitrogens with two attached hydrogens (primary N) is 1. The van der Waals surface area contributed by atoms with Gasteiger partial charge in [-0.25, -0.2) is 14.6 Å². The van der Waals surface area contributed by atoms with Crippen molar-refractivity contribution < 1.29 is 9.90 Å². The monoisotopic (exact) mass is 320 g/mol. The van der Waals surface area contributed by atoms with E-state index in [1.807, 2.05) is 25.5 Å². The van der Waals surface area contributed by atoms with Gasteiger partial charge in [0.25, 0.3) is 5.91 Å². The van der Waals surface area contributed by atoms with Crippen molar-refractivity contribution in [3.8, 4) is 0 Å². The van der Waals surface area contributed by atoms with Crippen molar-refractivity contribution in [3.63, 3.8) is 0 Å². The fourth-order valence-corrected chi connectivity index (χ4v) is 2.83. The highest BCUT2D eigenvalue weighted by atomic mass is 16.3. The number of aliphatic hydroxyl groups is 1. The molecular formula is C15H24N6O2. The van der Waals surface area contributed by atoms with Crippen LogP contribution < -0.4 is 5.73 Å². The number of hydrogen-bond donors (Lipinski definition) is 2. The number of aliphatic hydroxyl groups excluding tert-OH is 1. The molecule has 2 aromatic rings. The average Bonchev–Trinajstić information content (AvgIpc) is 3.14. The van der Waals surface area contributed by atoms with Crippen LogP contribution >= 0.6 is 0 Å². The molecule has 1 aliphatic rings. The van der Waals surface area contributed by atoms with Gasteiger partial charge in [0.15, 0.2) is 5.65 Å². The first-order valence-electron chi connectivity index (χ1n) is 7.91. The number of aryl methyl sites for hydroxylation is 1. The quantitative estimate of drug-likeness (QED) is 0.850. The van der Waals surface area contributed by atoms with Gasteiger partial charge in [0, 0.05) is 13.1 Å². The van der Waals surface area contributed by atoms with Gasteiger partial charge in [-0.3, -0.25) is 4.79 Å². The molecule has 23 heavy (non-hydrogen) atoms. The van der Waals surface area contributed by atoms with Crippen LogP contribution in [0, 0.1) is 6.92 Å². The molecule has 126 valence electrons. The molecule has 1 aliphatic heterocycles. The molecule has 3 N–H and O–H groups in total. The highest BCUT2D eigenvalue weighted by Gasteiger charge is 2.31. The number of likely N-dealkylation sites (tertiary alicyclic amines) is 1. The van der Waals surface area contributed by atoms with Crippen molar-refractivity contribution in [2.24, 2.45) is 0 Å². The normalized spacial score (nSPS) is 18.7. The maximum Gasteiger partial charge on any atom is 0.251 e. The molecule has 8 heteroatoms. The first kappa shape index (κ1) is 17.1. The van der Waals surface area contributed by atoms with Crippen molar-refractivity contribution in [2.75, 3.05) is 18.8 Å². The van der Waals surface area contributed by atoms with Gasteiger partial charge in [-0.05, 0) is 20.3 Å². The molecule has 2 atom stereocenters. The van der Waals surface area contributed by atoms with Crippen LogP contribution in [0.5, 0.6) is 0 Å². The van der Waals surface area contributed by atoms with E-state index in [1.54, 1.807) is 4.90 Å². The molecule has 3 rings (SSSR count). The second-order valence-electron chi connectivity index (χ2n) is 5.39. The first-order chi connectivity index (χ1) is 11.0. The van der Waals surface area contributed by atoms with Gasteiger partial charge >= 0.3 is 0 Å². The summed E-state index contributed by atoms with van der Waals surface area (Å²) in [4.78, 5) is 21.8. The lowest BCUT2D eigenvalue weighted by Crippen LogP contribution is -2.36. The first-order valence-corrected chi connectivity index (χ1v) is 7.91. The fraction of sp³-hybridized carbons (Fsp3) is 0.600. The lowest BCUT2D eigenvalue weighted by molar-refractivity contribution is -0.138. The van der Waals surface area contributed by atoms with Crippen molar-refractivity contribution in [1.82, 2.24) is 24.6 Å². The molecule has 0 saturated carbocycles. The van der Waals surface area contributed by atoms with E-state index in [1.165, 1.54) is 13.3 Å². The van der Waals surface area contributed by atoms with E-state index in [-0.39, 0.29) is 11.9 Å². The third-order valence-corrected chi connectivity index (χ3v) is 3.87. The number of carbonyl (C=O) groups excluding carboxylic acids is 1. The number of rotatable bonds is 2. The topological polar surface area (TPSA) is 110 Å². The van der Waals surface area contributed by atoms with Crippen molar-refractivity contribution in [2.45, 2.75) is 46.3 Å². The van der Waals surface area contributed by atoms with E-state index in [9.17, 15) is 9.90 Å². The van der Waals surface area contributed by atoms with Crippen LogP contribution in [-0.4, -0.2) is 54.9 Å². The van der Waals surface area contributed by atoms with Gasteiger partial charge < -0.3 is 15.7 Å². The van der Waals surface area contributed by atoms with Crippen LogP contribution in [0.1, 0.15) is 38.9 Å². The Bertz CT molecular complexity index is 697. The largest absolute Gasteiger partial charge is 0.384 e. The standard InChI is InChI=1S/C13H18N6O2.C2H6/c1-7-10-11(14)15-6-16-12(10)19(17-7)9-3-4-18(5-9)13(21)8(2)20;1-2/h6,8-9,20H,3-5H2,1-2H3,(H2,14,15,16);1-2H3. The third-order valence-electron chi connectivity index (χ3n) is 3.87. The van der Waals surface area contributed by atoms with Crippen LogP contribution in [0.25, 0.3) is 11.0 Å². The third kappa shape index (κ3) is 3.12. The van der Waals surface area contributed by atoms with Crippen LogP contribution in [0.2, 0.25) is 0 Å². The minimum absolute atomic E-state index is 0.0400. The molecule has 8 nitrogen and oxygen atoms in total. The fourth-order valence-electron chi connectivity index (χ4n) is 2.83. The number of nitrogens with zero attached hydrogens (tertiary/aromatic N) is 5. The molecular weight excluding hydrogens is 296 g/mol. The summed E-state index contributed by atoms with van der Waals surface area (Å²) >= 11 is 0. The lowest BCUT2D eigenvalue weighted by Gasteiger charge is -2.18. The van der Waals surface area contributed by atoms with E-state index in [4.69, 9.17) is 5.73 Å². The number of hydrogen-bond acceptors (Lipinski definition) is 6. The second-order valence-corrected chi connectivity index (χ2v) is 5.39. The van der Waals surface area contributed by atoms with E-state index in [0.29, 0.717) is 24.6 Å². The maximum absolute atomic E-state index is 11.8. The zero-order valence-electron chi connectivity index (χ0n) is 14.0. The summed E-state index contributed by atoms with van der Waals surface area (Å²) in [5, 5.41) is 14.7. The van der Waals surface area contributed by atoms with Gasteiger partial charge in [-0.15, -0.1) is 0 Å². The Morgan fingerprint density at radius 2 is 2.13 bits per heavy atom. The lowest BCUT2D eigenvalue weighted by atomic mass is 10.2. The van der Waals surface area contributed by atoms with E-state index >= 15 is 0 Å². The van der Waals surface area contributed by atoms with Gasteiger partial charge in [-0.2, -0.15) is 5.10 Å². The molecule has 3 heterocycles. The van der Waals surface area contributed by atoms with Gasteiger partial charge in [-0.1, -0.05) is 13.8 Å². The molecule has 0 aliphatic carbocycles. The van der Waals surface area contributed by atoms with Crippen molar-refractivity contribution in [3.05, 3.63) is 12.0 Å². The predicted molar refractivity (Wildman–Crippen MR) is 87.7 cm³/mol. The summed E-state index contributed by atoms with van der Waals surface area (Å²) < 4.78 is 1.82. The molecule has 1 fully saturated rings. The zero-order chi connectivity index (χ0) is 17.1. The molecule has 1 saturated heterocycles. The summed E-state index contributed by atoms with van der Waals surface area (Å²) in [5.74, 6) is 0.165. The van der Waals surface area contributed by atoms with E-state index in [2.05, 4.69) is 15.1 Å². The van der Waals surface area contributed by atoms with Gasteiger partial charge in [0.05, 0.1) is 17.1 Å². The predicted octanol–water partition coefficient (Wildman–Crippen LogP) is 0.897. The Kier molecular flexibility index (Phi) is 5.15. The highest BCUT2D eigenvalue weighted by molar-refractivity contribution is 5.88. The SMILES string of the molecule is CC.Cc1nn(C2CCN(C(=O)C(C)O)C2)c2ncnc(N)c12. The van der Waals surface area contributed by atoms with Crippen LogP contribution in [0.3, 0.4) is 0 Å². The van der Waals surface area contributed by atoms with Crippen molar-refractivity contribution in [1.29, 1.82) is 0 Å². The number of amides is 1.